The number of rotatable bonds is 3. The lowest BCUT2D eigenvalue weighted by Crippen LogP contribution is -2.08. The Kier molecular flexibility index (Phi) is 3.32. The molecule has 104 valence electrons. The van der Waals surface area contributed by atoms with Crippen molar-refractivity contribution in [2.24, 2.45) is 0 Å². The molecule has 0 aliphatic rings. The minimum absolute atomic E-state index is 0.0716. The van der Waals surface area contributed by atoms with Crippen LogP contribution in [-0.4, -0.2) is 7.11 Å². The Bertz CT molecular complexity index is 858. The van der Waals surface area contributed by atoms with Gasteiger partial charge in [-0.3, -0.25) is 4.79 Å². The van der Waals surface area contributed by atoms with Crippen LogP contribution in [0.5, 0.6) is 5.75 Å². The molecule has 3 aromatic rings. The Morgan fingerprint density at radius 3 is 2.52 bits per heavy atom. The SMILES string of the molecule is C=C(c1ccc(OC)cc1)c1coc2ccccc2c1=O. The molecule has 0 saturated carbocycles. The van der Waals surface area contributed by atoms with Crippen molar-refractivity contribution < 1.29 is 9.15 Å². The van der Waals surface area contributed by atoms with Gasteiger partial charge in [0, 0.05) is 0 Å². The van der Waals surface area contributed by atoms with Crippen molar-refractivity contribution in [3.8, 4) is 5.75 Å². The normalized spacial score (nSPS) is 10.5. The lowest BCUT2D eigenvalue weighted by Gasteiger charge is -2.07. The number of ether oxygens (including phenoxy) is 1. The number of methoxy groups -OCH3 is 1. The molecule has 3 rings (SSSR count). The van der Waals surface area contributed by atoms with Crippen LogP contribution in [0.2, 0.25) is 0 Å². The molecule has 0 fully saturated rings. The van der Waals surface area contributed by atoms with Crippen molar-refractivity contribution in [3.63, 3.8) is 0 Å². The highest BCUT2D eigenvalue weighted by molar-refractivity contribution is 5.84. The van der Waals surface area contributed by atoms with Gasteiger partial charge < -0.3 is 9.15 Å². The highest BCUT2D eigenvalue weighted by Crippen LogP contribution is 2.23. The van der Waals surface area contributed by atoms with Gasteiger partial charge in [0.15, 0.2) is 5.43 Å². The highest BCUT2D eigenvalue weighted by atomic mass is 16.5. The monoisotopic (exact) mass is 278 g/mol. The molecule has 0 unspecified atom stereocenters. The van der Waals surface area contributed by atoms with Crippen LogP contribution in [0.15, 0.2) is 70.6 Å². The van der Waals surface area contributed by atoms with Gasteiger partial charge in [-0.2, -0.15) is 0 Å². The van der Waals surface area contributed by atoms with Crippen molar-refractivity contribution in [1.82, 2.24) is 0 Å². The van der Waals surface area contributed by atoms with E-state index in [0.717, 1.165) is 11.3 Å². The lowest BCUT2D eigenvalue weighted by atomic mass is 10.00. The molecule has 1 heterocycles. The Balaban J connectivity index is 2.09. The fourth-order valence-electron chi connectivity index (χ4n) is 2.23. The van der Waals surface area contributed by atoms with E-state index in [-0.39, 0.29) is 5.43 Å². The molecular formula is C18H14O3. The first-order valence-corrected chi connectivity index (χ1v) is 6.55. The van der Waals surface area contributed by atoms with E-state index >= 15 is 0 Å². The van der Waals surface area contributed by atoms with Crippen LogP contribution < -0.4 is 10.2 Å². The summed E-state index contributed by atoms with van der Waals surface area (Å²) in [5.41, 5.74) is 2.47. The van der Waals surface area contributed by atoms with E-state index in [0.29, 0.717) is 22.1 Å². The molecule has 0 atom stereocenters. The van der Waals surface area contributed by atoms with E-state index in [9.17, 15) is 4.79 Å². The summed E-state index contributed by atoms with van der Waals surface area (Å²) < 4.78 is 10.7. The number of para-hydroxylation sites is 1. The zero-order chi connectivity index (χ0) is 14.8. The van der Waals surface area contributed by atoms with E-state index in [1.54, 1.807) is 19.2 Å². The van der Waals surface area contributed by atoms with Crippen molar-refractivity contribution in [1.29, 1.82) is 0 Å². The summed E-state index contributed by atoms with van der Waals surface area (Å²) >= 11 is 0. The average molecular weight is 278 g/mol. The lowest BCUT2D eigenvalue weighted by molar-refractivity contribution is 0.415. The molecule has 0 radical (unpaired) electrons. The summed E-state index contributed by atoms with van der Waals surface area (Å²) in [6, 6.07) is 14.6. The molecule has 0 N–H and O–H groups in total. The number of fused-ring (bicyclic) bond motifs is 1. The third-order valence-corrected chi connectivity index (χ3v) is 3.44. The first-order valence-electron chi connectivity index (χ1n) is 6.55. The highest BCUT2D eigenvalue weighted by Gasteiger charge is 2.11. The van der Waals surface area contributed by atoms with Crippen molar-refractivity contribution >= 4 is 16.5 Å². The van der Waals surface area contributed by atoms with Gasteiger partial charge in [0.1, 0.15) is 17.6 Å². The van der Waals surface area contributed by atoms with Crippen LogP contribution >= 0.6 is 0 Å². The van der Waals surface area contributed by atoms with E-state index in [1.165, 1.54) is 6.26 Å². The summed E-state index contributed by atoms with van der Waals surface area (Å²) in [7, 11) is 1.61. The summed E-state index contributed by atoms with van der Waals surface area (Å²) in [5.74, 6) is 0.761. The predicted octanol–water partition coefficient (Wildman–Crippen LogP) is 3.86. The fourth-order valence-corrected chi connectivity index (χ4v) is 2.23. The van der Waals surface area contributed by atoms with Crippen LogP contribution in [0.25, 0.3) is 16.5 Å². The second-order valence-electron chi connectivity index (χ2n) is 4.68. The van der Waals surface area contributed by atoms with Gasteiger partial charge >= 0.3 is 0 Å². The van der Waals surface area contributed by atoms with Gasteiger partial charge in [-0.15, -0.1) is 0 Å². The first kappa shape index (κ1) is 13.2. The smallest absolute Gasteiger partial charge is 0.200 e. The van der Waals surface area contributed by atoms with Crippen LogP contribution in [0.4, 0.5) is 0 Å². The van der Waals surface area contributed by atoms with Gasteiger partial charge in [0.05, 0.1) is 18.1 Å². The minimum Gasteiger partial charge on any atom is -0.497 e. The molecule has 2 aromatic carbocycles. The Labute approximate surface area is 122 Å². The van der Waals surface area contributed by atoms with Crippen LogP contribution in [0.3, 0.4) is 0 Å². The molecule has 0 amide bonds. The minimum atomic E-state index is -0.0716. The third-order valence-electron chi connectivity index (χ3n) is 3.44. The third kappa shape index (κ3) is 2.34. The van der Waals surface area contributed by atoms with E-state index < -0.39 is 0 Å². The second kappa shape index (κ2) is 5.29. The van der Waals surface area contributed by atoms with E-state index in [4.69, 9.17) is 9.15 Å². The maximum Gasteiger partial charge on any atom is 0.200 e. The predicted molar refractivity (Wildman–Crippen MR) is 83.6 cm³/mol. The van der Waals surface area contributed by atoms with Gasteiger partial charge in [0.25, 0.3) is 0 Å². The maximum atomic E-state index is 12.5. The maximum absolute atomic E-state index is 12.5. The molecule has 3 nitrogen and oxygen atoms in total. The molecule has 0 aliphatic carbocycles. The van der Waals surface area contributed by atoms with Crippen LogP contribution in [0.1, 0.15) is 11.1 Å². The molecule has 21 heavy (non-hydrogen) atoms. The molecule has 1 aromatic heterocycles. The molecule has 0 bridgehead atoms. The van der Waals surface area contributed by atoms with Gasteiger partial charge in [-0.25, -0.2) is 0 Å². The zero-order valence-electron chi connectivity index (χ0n) is 11.6. The summed E-state index contributed by atoms with van der Waals surface area (Å²) in [4.78, 5) is 12.5. The summed E-state index contributed by atoms with van der Waals surface area (Å²) in [6.07, 6.45) is 1.47. The molecular weight excluding hydrogens is 264 g/mol. The van der Waals surface area contributed by atoms with Gasteiger partial charge in [-0.1, -0.05) is 30.8 Å². The van der Waals surface area contributed by atoms with Crippen LogP contribution in [0, 0.1) is 0 Å². The van der Waals surface area contributed by atoms with Crippen molar-refractivity contribution in [2.45, 2.75) is 0 Å². The second-order valence-corrected chi connectivity index (χ2v) is 4.68. The van der Waals surface area contributed by atoms with E-state index in [2.05, 4.69) is 6.58 Å². The van der Waals surface area contributed by atoms with Gasteiger partial charge in [-0.05, 0) is 35.4 Å². The van der Waals surface area contributed by atoms with Crippen molar-refractivity contribution in [2.75, 3.05) is 7.11 Å². The Morgan fingerprint density at radius 2 is 1.81 bits per heavy atom. The zero-order valence-corrected chi connectivity index (χ0v) is 11.6. The molecule has 0 aliphatic heterocycles. The average Bonchev–Trinajstić information content (AvgIpc) is 2.55. The quantitative estimate of drug-likeness (QED) is 0.730. The Hall–Kier alpha value is -2.81. The first-order chi connectivity index (χ1) is 10.2. The van der Waals surface area contributed by atoms with Crippen LogP contribution in [-0.2, 0) is 0 Å². The Morgan fingerprint density at radius 1 is 1.10 bits per heavy atom. The molecule has 0 spiro atoms. The fraction of sp³-hybridized carbons (Fsp3) is 0.0556. The summed E-state index contributed by atoms with van der Waals surface area (Å²) in [6.45, 7) is 4.02. The number of benzene rings is 2. The topological polar surface area (TPSA) is 39.4 Å². The number of hydrogen-bond donors (Lipinski definition) is 0. The number of hydrogen-bond acceptors (Lipinski definition) is 3. The largest absolute Gasteiger partial charge is 0.497 e. The standard InChI is InChI=1S/C18H14O3/c1-12(13-7-9-14(20-2)10-8-13)16-11-21-17-6-4-3-5-15(17)18(16)19/h3-11H,1H2,2H3. The molecule has 3 heteroatoms. The molecule has 0 saturated heterocycles. The van der Waals surface area contributed by atoms with Gasteiger partial charge in [0.2, 0.25) is 0 Å². The summed E-state index contributed by atoms with van der Waals surface area (Å²) in [5, 5.41) is 0.560. The van der Waals surface area contributed by atoms with E-state index in [1.807, 2.05) is 36.4 Å². The van der Waals surface area contributed by atoms with Crippen molar-refractivity contribution in [3.05, 3.63) is 82.7 Å².